The molecular formula is C23H27F4N3O2. The number of likely N-dealkylation sites (tertiary alicyclic amines) is 1. The molecule has 174 valence electrons. The molecule has 0 bridgehead atoms. The summed E-state index contributed by atoms with van der Waals surface area (Å²) in [7, 11) is 2.01. The SMILES string of the molecule is CN1CCC(N(Cc2ccc(F)cc2F)C(=O)NCc2ccc(OCC(F)F)cc2)CC1. The molecule has 9 heteroatoms. The summed E-state index contributed by atoms with van der Waals surface area (Å²) in [5.74, 6) is -1.03. The number of halogens is 4. The maximum atomic E-state index is 14.2. The average Bonchev–Trinajstić information content (AvgIpc) is 2.77. The molecule has 0 aromatic heterocycles. The minimum atomic E-state index is -2.55. The summed E-state index contributed by atoms with van der Waals surface area (Å²) in [6, 6.07) is 9.43. The van der Waals surface area contributed by atoms with Crippen molar-refractivity contribution >= 4 is 6.03 Å². The first-order valence-corrected chi connectivity index (χ1v) is 10.5. The zero-order valence-corrected chi connectivity index (χ0v) is 17.9. The fourth-order valence-electron chi connectivity index (χ4n) is 3.65. The van der Waals surface area contributed by atoms with Crippen molar-refractivity contribution in [1.82, 2.24) is 15.1 Å². The Morgan fingerprint density at radius 1 is 1.16 bits per heavy atom. The van der Waals surface area contributed by atoms with Crippen LogP contribution in [-0.2, 0) is 13.1 Å². The molecule has 0 aliphatic carbocycles. The van der Waals surface area contributed by atoms with Crippen molar-refractivity contribution in [2.24, 2.45) is 0 Å². The third-order valence-corrected chi connectivity index (χ3v) is 5.49. The maximum absolute atomic E-state index is 14.2. The molecule has 2 aromatic rings. The van der Waals surface area contributed by atoms with E-state index in [1.165, 1.54) is 12.1 Å². The number of carbonyl (C=O) groups excluding carboxylic acids is 1. The fraction of sp³-hybridized carbons (Fsp3) is 0.435. The molecule has 1 N–H and O–H groups in total. The van der Waals surface area contributed by atoms with Crippen LogP contribution in [0.2, 0.25) is 0 Å². The predicted octanol–water partition coefficient (Wildman–Crippen LogP) is 4.41. The van der Waals surface area contributed by atoms with Crippen molar-refractivity contribution in [3.8, 4) is 5.75 Å². The van der Waals surface area contributed by atoms with Crippen LogP contribution in [0, 0.1) is 11.6 Å². The van der Waals surface area contributed by atoms with E-state index in [4.69, 9.17) is 4.74 Å². The van der Waals surface area contributed by atoms with Gasteiger partial charge >= 0.3 is 6.03 Å². The minimum absolute atomic E-state index is 0.0345. The molecule has 1 fully saturated rings. The number of benzene rings is 2. The first kappa shape index (κ1) is 23.8. The summed E-state index contributed by atoms with van der Waals surface area (Å²) in [6.45, 7) is 1.21. The Kier molecular flexibility index (Phi) is 8.33. The van der Waals surface area contributed by atoms with Gasteiger partial charge in [0.05, 0.1) is 6.54 Å². The van der Waals surface area contributed by atoms with Gasteiger partial charge in [-0.25, -0.2) is 22.4 Å². The summed E-state index contributed by atoms with van der Waals surface area (Å²) in [4.78, 5) is 16.8. The van der Waals surface area contributed by atoms with E-state index in [1.807, 2.05) is 7.05 Å². The Balaban J connectivity index is 1.65. The Morgan fingerprint density at radius 3 is 2.47 bits per heavy atom. The summed E-state index contributed by atoms with van der Waals surface area (Å²) < 4.78 is 56.9. The number of rotatable bonds is 8. The lowest BCUT2D eigenvalue weighted by atomic mass is 10.0. The van der Waals surface area contributed by atoms with Gasteiger partial charge in [-0.05, 0) is 56.7 Å². The molecule has 32 heavy (non-hydrogen) atoms. The van der Waals surface area contributed by atoms with Gasteiger partial charge in [0.25, 0.3) is 6.43 Å². The van der Waals surface area contributed by atoms with E-state index in [2.05, 4.69) is 10.2 Å². The molecule has 1 saturated heterocycles. The van der Waals surface area contributed by atoms with Gasteiger partial charge in [-0.3, -0.25) is 0 Å². The highest BCUT2D eigenvalue weighted by atomic mass is 19.3. The second-order valence-corrected chi connectivity index (χ2v) is 7.90. The lowest BCUT2D eigenvalue weighted by Gasteiger charge is -2.37. The second kappa shape index (κ2) is 11.2. The van der Waals surface area contributed by atoms with E-state index >= 15 is 0 Å². The summed E-state index contributed by atoms with van der Waals surface area (Å²) >= 11 is 0. The van der Waals surface area contributed by atoms with Crippen molar-refractivity contribution in [2.75, 3.05) is 26.7 Å². The van der Waals surface area contributed by atoms with Crippen LogP contribution in [0.1, 0.15) is 24.0 Å². The number of hydrogen-bond donors (Lipinski definition) is 1. The maximum Gasteiger partial charge on any atom is 0.318 e. The van der Waals surface area contributed by atoms with Crippen molar-refractivity contribution in [1.29, 1.82) is 0 Å². The van der Waals surface area contributed by atoms with Crippen LogP contribution >= 0.6 is 0 Å². The van der Waals surface area contributed by atoms with Crippen molar-refractivity contribution < 1.29 is 27.1 Å². The average molecular weight is 453 g/mol. The van der Waals surface area contributed by atoms with Gasteiger partial charge in [-0.15, -0.1) is 0 Å². The number of carbonyl (C=O) groups is 1. The molecule has 0 spiro atoms. The number of ether oxygens (including phenoxy) is 1. The third-order valence-electron chi connectivity index (χ3n) is 5.49. The molecule has 5 nitrogen and oxygen atoms in total. The Morgan fingerprint density at radius 2 is 1.84 bits per heavy atom. The smallest absolute Gasteiger partial charge is 0.318 e. The lowest BCUT2D eigenvalue weighted by Crippen LogP contribution is -2.49. The molecular weight excluding hydrogens is 426 g/mol. The standard InChI is InChI=1S/C23H27F4N3O2/c1-29-10-8-19(9-11-29)30(14-17-4-5-18(24)12-21(17)25)23(31)28-13-16-2-6-20(7-3-16)32-15-22(26)27/h2-7,12,19,22H,8-11,13-15H2,1H3,(H,28,31). The molecule has 1 aliphatic rings. The summed E-state index contributed by atoms with van der Waals surface area (Å²) in [6.07, 6.45) is -1.04. The molecule has 0 atom stereocenters. The second-order valence-electron chi connectivity index (χ2n) is 7.90. The van der Waals surface area contributed by atoms with Crippen LogP contribution in [-0.4, -0.2) is 55.0 Å². The Labute approximate surface area is 185 Å². The van der Waals surface area contributed by atoms with E-state index in [9.17, 15) is 22.4 Å². The quantitative estimate of drug-likeness (QED) is 0.602. The van der Waals surface area contributed by atoms with Crippen LogP contribution in [0.4, 0.5) is 22.4 Å². The molecule has 2 aromatic carbocycles. The van der Waals surface area contributed by atoms with Crippen LogP contribution in [0.25, 0.3) is 0 Å². The van der Waals surface area contributed by atoms with Gasteiger partial charge in [-0.1, -0.05) is 18.2 Å². The first-order chi connectivity index (χ1) is 15.3. The lowest BCUT2D eigenvalue weighted by molar-refractivity contribution is 0.0819. The van der Waals surface area contributed by atoms with Gasteiger partial charge in [-0.2, -0.15) is 0 Å². The number of nitrogens with zero attached hydrogens (tertiary/aromatic N) is 2. The number of hydrogen-bond acceptors (Lipinski definition) is 3. The van der Waals surface area contributed by atoms with E-state index < -0.39 is 24.7 Å². The molecule has 2 amide bonds. The monoisotopic (exact) mass is 453 g/mol. The summed E-state index contributed by atoms with van der Waals surface area (Å²) in [5.41, 5.74) is 1.01. The first-order valence-electron chi connectivity index (χ1n) is 10.5. The topological polar surface area (TPSA) is 44.8 Å². The van der Waals surface area contributed by atoms with Gasteiger partial charge in [0.15, 0.2) is 0 Å². The Bertz CT molecular complexity index is 887. The summed E-state index contributed by atoms with van der Waals surface area (Å²) in [5, 5.41) is 2.84. The number of alkyl halides is 2. The molecule has 3 rings (SSSR count). The van der Waals surface area contributed by atoms with Crippen molar-refractivity contribution in [3.63, 3.8) is 0 Å². The van der Waals surface area contributed by atoms with E-state index in [1.54, 1.807) is 29.2 Å². The minimum Gasteiger partial charge on any atom is -0.488 e. The van der Waals surface area contributed by atoms with Crippen LogP contribution in [0.3, 0.4) is 0 Å². The molecule has 1 heterocycles. The van der Waals surface area contributed by atoms with E-state index in [-0.39, 0.29) is 30.7 Å². The highest BCUT2D eigenvalue weighted by Crippen LogP contribution is 2.21. The molecule has 1 aliphatic heterocycles. The van der Waals surface area contributed by atoms with Gasteiger partial charge in [0, 0.05) is 24.2 Å². The van der Waals surface area contributed by atoms with Crippen molar-refractivity contribution in [2.45, 2.75) is 38.4 Å². The van der Waals surface area contributed by atoms with E-state index in [0.29, 0.717) is 5.75 Å². The van der Waals surface area contributed by atoms with Gasteiger partial charge < -0.3 is 19.9 Å². The number of nitrogens with one attached hydrogen (secondary N) is 1. The Hall–Kier alpha value is -2.81. The molecule has 0 saturated carbocycles. The molecule has 0 unspecified atom stereocenters. The third kappa shape index (κ3) is 6.85. The largest absolute Gasteiger partial charge is 0.488 e. The fourth-order valence-corrected chi connectivity index (χ4v) is 3.65. The van der Waals surface area contributed by atoms with Gasteiger partial charge in [0.2, 0.25) is 0 Å². The zero-order valence-electron chi connectivity index (χ0n) is 17.9. The number of urea groups is 1. The predicted molar refractivity (Wildman–Crippen MR) is 113 cm³/mol. The van der Waals surface area contributed by atoms with Crippen molar-refractivity contribution in [3.05, 3.63) is 65.2 Å². The normalized spacial score (nSPS) is 15.1. The van der Waals surface area contributed by atoms with Gasteiger partial charge in [0.1, 0.15) is 24.0 Å². The highest BCUT2D eigenvalue weighted by molar-refractivity contribution is 5.74. The van der Waals surface area contributed by atoms with Crippen LogP contribution in [0.5, 0.6) is 5.75 Å². The highest BCUT2D eigenvalue weighted by Gasteiger charge is 2.27. The zero-order chi connectivity index (χ0) is 23.1. The van der Waals surface area contributed by atoms with Crippen LogP contribution in [0.15, 0.2) is 42.5 Å². The van der Waals surface area contributed by atoms with Crippen LogP contribution < -0.4 is 10.1 Å². The number of piperidine rings is 1. The van der Waals surface area contributed by atoms with E-state index in [0.717, 1.165) is 37.6 Å². The molecule has 0 radical (unpaired) electrons. The number of amides is 2.